The Morgan fingerprint density at radius 3 is 2.81 bits per heavy atom. The molecule has 0 fully saturated rings. The van der Waals surface area contributed by atoms with Gasteiger partial charge in [0, 0.05) is 30.9 Å². The Balaban J connectivity index is 2.14. The fraction of sp³-hybridized carbons (Fsp3) is 0.462. The topological polar surface area (TPSA) is 76.0 Å². The van der Waals surface area contributed by atoms with Gasteiger partial charge in [0.15, 0.2) is 5.13 Å². The van der Waals surface area contributed by atoms with E-state index in [1.807, 2.05) is 23.9 Å². The van der Waals surface area contributed by atoms with Crippen molar-refractivity contribution in [2.75, 3.05) is 11.3 Å². The molecular weight excluding hydrogens is 308 g/mol. The van der Waals surface area contributed by atoms with Gasteiger partial charge in [-0.3, -0.25) is 4.72 Å². The van der Waals surface area contributed by atoms with E-state index in [1.165, 1.54) is 11.3 Å². The van der Waals surface area contributed by atoms with Crippen molar-refractivity contribution in [1.29, 1.82) is 0 Å². The largest absolute Gasteiger partial charge is 0.352 e. The van der Waals surface area contributed by atoms with Crippen molar-refractivity contribution in [3.05, 3.63) is 29.0 Å². The highest BCUT2D eigenvalue weighted by molar-refractivity contribution is 7.93. The van der Waals surface area contributed by atoms with Crippen LogP contribution in [-0.4, -0.2) is 24.5 Å². The number of nitrogens with zero attached hydrogens (tertiary/aromatic N) is 2. The van der Waals surface area contributed by atoms with Crippen LogP contribution in [-0.2, 0) is 23.6 Å². The minimum atomic E-state index is -3.58. The molecule has 0 aliphatic rings. The van der Waals surface area contributed by atoms with E-state index < -0.39 is 10.0 Å². The van der Waals surface area contributed by atoms with Gasteiger partial charge in [0.1, 0.15) is 4.90 Å². The summed E-state index contributed by atoms with van der Waals surface area (Å²) >= 11 is 1.28. The van der Waals surface area contributed by atoms with Crippen LogP contribution in [0.5, 0.6) is 0 Å². The van der Waals surface area contributed by atoms with Gasteiger partial charge in [-0.15, -0.1) is 11.3 Å². The quantitative estimate of drug-likeness (QED) is 0.763. The molecule has 0 radical (unpaired) electrons. The van der Waals surface area contributed by atoms with Gasteiger partial charge in [0.05, 0.1) is 5.69 Å². The summed E-state index contributed by atoms with van der Waals surface area (Å²) in [4.78, 5) is 4.38. The summed E-state index contributed by atoms with van der Waals surface area (Å²) in [6.07, 6.45) is 2.66. The number of aromatic nitrogens is 2. The number of hydrogen-bond donors (Lipinski definition) is 2. The normalized spacial score (nSPS) is 11.8. The average molecular weight is 328 g/mol. The first kappa shape index (κ1) is 16.0. The molecule has 116 valence electrons. The minimum absolute atomic E-state index is 0.256. The lowest BCUT2D eigenvalue weighted by molar-refractivity contribution is 0.601. The Bertz CT molecular complexity index is 704. The van der Waals surface area contributed by atoms with E-state index in [1.54, 1.807) is 12.3 Å². The Kier molecular flexibility index (Phi) is 5.02. The van der Waals surface area contributed by atoms with E-state index >= 15 is 0 Å². The van der Waals surface area contributed by atoms with Gasteiger partial charge in [-0.2, -0.15) is 0 Å². The summed E-state index contributed by atoms with van der Waals surface area (Å²) in [5.41, 5.74) is 1.73. The molecule has 0 aliphatic carbocycles. The number of rotatable bonds is 7. The predicted octanol–water partition coefficient (Wildman–Crippen LogP) is 2.09. The summed E-state index contributed by atoms with van der Waals surface area (Å²) in [6.45, 7) is 5.47. The van der Waals surface area contributed by atoms with Crippen LogP contribution < -0.4 is 10.0 Å². The molecule has 0 saturated carbocycles. The first-order chi connectivity index (χ1) is 9.92. The molecule has 21 heavy (non-hydrogen) atoms. The zero-order chi connectivity index (χ0) is 15.5. The van der Waals surface area contributed by atoms with E-state index in [2.05, 4.69) is 21.9 Å². The summed E-state index contributed by atoms with van der Waals surface area (Å²) in [5.74, 6) is 0. The molecule has 0 atom stereocenters. The first-order valence-corrected chi connectivity index (χ1v) is 9.09. The van der Waals surface area contributed by atoms with Crippen LogP contribution in [0.2, 0.25) is 0 Å². The van der Waals surface area contributed by atoms with Crippen molar-refractivity contribution in [2.45, 2.75) is 31.7 Å². The zero-order valence-corrected chi connectivity index (χ0v) is 14.0. The standard InChI is InChI=1S/C13H20N4O2S2/c1-4-5-14-7-11-6-12(8-17(11)3)21(18,19)16-13-15-10(2)9-20-13/h6,8-9,14H,4-5,7H2,1-3H3,(H,15,16). The van der Waals surface area contributed by atoms with Gasteiger partial charge in [0.25, 0.3) is 10.0 Å². The minimum Gasteiger partial charge on any atom is -0.352 e. The van der Waals surface area contributed by atoms with E-state index in [9.17, 15) is 8.42 Å². The fourth-order valence-electron chi connectivity index (χ4n) is 1.87. The third kappa shape index (κ3) is 4.05. The molecule has 2 aromatic heterocycles. The van der Waals surface area contributed by atoms with Gasteiger partial charge >= 0.3 is 0 Å². The monoisotopic (exact) mass is 328 g/mol. The maximum absolute atomic E-state index is 12.3. The highest BCUT2D eigenvalue weighted by atomic mass is 32.2. The molecule has 0 aliphatic heterocycles. The van der Waals surface area contributed by atoms with Gasteiger partial charge in [-0.25, -0.2) is 13.4 Å². The zero-order valence-electron chi connectivity index (χ0n) is 12.4. The number of aryl methyl sites for hydroxylation is 2. The lowest BCUT2D eigenvalue weighted by Gasteiger charge is -2.03. The predicted molar refractivity (Wildman–Crippen MR) is 85.1 cm³/mol. The van der Waals surface area contributed by atoms with E-state index in [4.69, 9.17) is 0 Å². The van der Waals surface area contributed by atoms with Crippen molar-refractivity contribution in [2.24, 2.45) is 7.05 Å². The Labute approximate surface area is 129 Å². The van der Waals surface area contributed by atoms with E-state index in [0.717, 1.165) is 24.4 Å². The fourth-order valence-corrected chi connectivity index (χ4v) is 3.90. The second-order valence-electron chi connectivity index (χ2n) is 4.85. The molecule has 0 unspecified atom stereocenters. The number of anilines is 1. The molecule has 0 aromatic carbocycles. The van der Waals surface area contributed by atoms with Crippen LogP contribution in [0.4, 0.5) is 5.13 Å². The summed E-state index contributed by atoms with van der Waals surface area (Å²) in [5, 5.41) is 5.46. The number of thiazole rings is 1. The molecule has 6 nitrogen and oxygen atoms in total. The van der Waals surface area contributed by atoms with Gasteiger partial charge in [0.2, 0.25) is 0 Å². The maximum Gasteiger partial charge on any atom is 0.265 e. The van der Waals surface area contributed by atoms with Crippen molar-refractivity contribution in [3.8, 4) is 0 Å². The maximum atomic E-state index is 12.3. The second kappa shape index (κ2) is 6.59. The molecule has 0 saturated heterocycles. The molecule has 0 amide bonds. The third-order valence-corrected chi connectivity index (χ3v) is 5.28. The summed E-state index contributed by atoms with van der Waals surface area (Å²) < 4.78 is 29.0. The second-order valence-corrected chi connectivity index (χ2v) is 7.39. The smallest absolute Gasteiger partial charge is 0.265 e. The van der Waals surface area contributed by atoms with Crippen LogP contribution in [0.15, 0.2) is 22.5 Å². The molecule has 2 rings (SSSR count). The SMILES string of the molecule is CCCNCc1cc(S(=O)(=O)Nc2nc(C)cs2)cn1C. The highest BCUT2D eigenvalue weighted by Gasteiger charge is 2.18. The van der Waals surface area contributed by atoms with E-state index in [0.29, 0.717) is 11.7 Å². The average Bonchev–Trinajstić information content (AvgIpc) is 2.97. The summed E-state index contributed by atoms with van der Waals surface area (Å²) in [7, 11) is -1.74. The first-order valence-electron chi connectivity index (χ1n) is 6.73. The van der Waals surface area contributed by atoms with Crippen molar-refractivity contribution in [3.63, 3.8) is 0 Å². The lowest BCUT2D eigenvalue weighted by atomic mass is 10.4. The van der Waals surface area contributed by atoms with Crippen LogP contribution in [0.1, 0.15) is 24.7 Å². The molecular formula is C13H20N4O2S2. The van der Waals surface area contributed by atoms with Gasteiger partial charge in [-0.1, -0.05) is 6.92 Å². The lowest BCUT2D eigenvalue weighted by Crippen LogP contribution is -2.15. The van der Waals surface area contributed by atoms with Gasteiger partial charge < -0.3 is 9.88 Å². The highest BCUT2D eigenvalue weighted by Crippen LogP contribution is 2.21. The number of sulfonamides is 1. The molecule has 2 N–H and O–H groups in total. The number of hydrogen-bond acceptors (Lipinski definition) is 5. The summed E-state index contributed by atoms with van der Waals surface area (Å²) in [6, 6.07) is 1.69. The van der Waals surface area contributed by atoms with Crippen LogP contribution in [0, 0.1) is 6.92 Å². The Hall–Kier alpha value is -1.38. The van der Waals surface area contributed by atoms with Gasteiger partial charge in [-0.05, 0) is 26.0 Å². The Morgan fingerprint density at radius 2 is 2.19 bits per heavy atom. The van der Waals surface area contributed by atoms with Crippen LogP contribution in [0.3, 0.4) is 0 Å². The number of nitrogens with one attached hydrogen (secondary N) is 2. The van der Waals surface area contributed by atoms with Crippen molar-refractivity contribution >= 4 is 26.5 Å². The molecule has 8 heteroatoms. The van der Waals surface area contributed by atoms with Crippen molar-refractivity contribution in [1.82, 2.24) is 14.9 Å². The van der Waals surface area contributed by atoms with Crippen LogP contribution >= 0.6 is 11.3 Å². The molecule has 0 spiro atoms. The Morgan fingerprint density at radius 1 is 1.43 bits per heavy atom. The molecule has 2 heterocycles. The van der Waals surface area contributed by atoms with Crippen LogP contribution in [0.25, 0.3) is 0 Å². The molecule has 0 bridgehead atoms. The van der Waals surface area contributed by atoms with E-state index in [-0.39, 0.29) is 4.90 Å². The van der Waals surface area contributed by atoms with Crippen molar-refractivity contribution < 1.29 is 8.42 Å². The third-order valence-electron chi connectivity index (χ3n) is 2.97. The molecule has 2 aromatic rings.